The van der Waals surface area contributed by atoms with Crippen LogP contribution in [0.4, 0.5) is 5.69 Å². The van der Waals surface area contributed by atoms with Crippen molar-refractivity contribution in [3.8, 4) is 11.9 Å². The van der Waals surface area contributed by atoms with Gasteiger partial charge in [0.2, 0.25) is 0 Å². The van der Waals surface area contributed by atoms with Gasteiger partial charge in [-0.15, -0.1) is 17.0 Å². The molecule has 2 aromatic heterocycles. The van der Waals surface area contributed by atoms with Crippen molar-refractivity contribution in [2.24, 2.45) is 0 Å². The summed E-state index contributed by atoms with van der Waals surface area (Å²) in [6.45, 7) is 4.34. The molecular formula is C24H24BrN5O3. The lowest BCUT2D eigenvalue weighted by Crippen LogP contribution is -2.27. The lowest BCUT2D eigenvalue weighted by molar-refractivity contribution is 0.0831. The maximum atomic E-state index is 12.7. The van der Waals surface area contributed by atoms with Crippen molar-refractivity contribution < 1.29 is 14.3 Å². The highest BCUT2D eigenvalue weighted by Crippen LogP contribution is 2.20. The molecule has 3 aromatic rings. The largest absolute Gasteiger partial charge is 0.486 e. The Morgan fingerprint density at radius 3 is 2.61 bits per heavy atom. The number of ether oxygens (including phenoxy) is 1. The third kappa shape index (κ3) is 6.85. The van der Waals surface area contributed by atoms with Crippen LogP contribution in [0.25, 0.3) is 0 Å². The van der Waals surface area contributed by atoms with Gasteiger partial charge in [0.05, 0.1) is 11.9 Å². The van der Waals surface area contributed by atoms with Crippen LogP contribution in [0.1, 0.15) is 45.4 Å². The number of rotatable bonds is 8. The molecule has 170 valence electrons. The van der Waals surface area contributed by atoms with E-state index in [-0.39, 0.29) is 22.7 Å². The maximum Gasteiger partial charge on any atom is 0.274 e. The average molecular weight is 510 g/mol. The third-order valence-electron chi connectivity index (χ3n) is 4.63. The van der Waals surface area contributed by atoms with E-state index in [0.29, 0.717) is 36.6 Å². The molecule has 2 heterocycles. The van der Waals surface area contributed by atoms with Crippen LogP contribution in [-0.2, 0) is 6.61 Å². The summed E-state index contributed by atoms with van der Waals surface area (Å²) in [5, 5.41) is 12.0. The first-order valence-electron chi connectivity index (χ1n) is 10.1. The predicted molar refractivity (Wildman–Crippen MR) is 129 cm³/mol. The molecule has 0 radical (unpaired) electrons. The van der Waals surface area contributed by atoms with Gasteiger partial charge in [0.1, 0.15) is 18.1 Å². The SMILES string of the molecule is Br.CCCN(C#N)C(=O)c1ccc(C)c(NC(=O)c2ccc(OCc3ccccn3)cn2)c1. The van der Waals surface area contributed by atoms with Crippen molar-refractivity contribution >= 4 is 34.5 Å². The Balaban J connectivity index is 0.00000385. The smallest absolute Gasteiger partial charge is 0.274 e. The number of hydrogen-bond donors (Lipinski definition) is 1. The number of carbonyl (C=O) groups is 2. The van der Waals surface area contributed by atoms with E-state index in [1.165, 1.54) is 6.20 Å². The van der Waals surface area contributed by atoms with Gasteiger partial charge in [0.25, 0.3) is 11.8 Å². The van der Waals surface area contributed by atoms with Gasteiger partial charge in [-0.05, 0) is 55.3 Å². The van der Waals surface area contributed by atoms with Crippen molar-refractivity contribution in [1.82, 2.24) is 14.9 Å². The number of aryl methyl sites for hydroxylation is 1. The van der Waals surface area contributed by atoms with E-state index in [1.807, 2.05) is 38.2 Å². The monoisotopic (exact) mass is 509 g/mol. The van der Waals surface area contributed by atoms with Crippen LogP contribution in [0, 0.1) is 18.4 Å². The minimum atomic E-state index is -0.417. The van der Waals surface area contributed by atoms with E-state index in [0.717, 1.165) is 16.2 Å². The van der Waals surface area contributed by atoms with Crippen molar-refractivity contribution in [2.45, 2.75) is 26.9 Å². The van der Waals surface area contributed by atoms with E-state index in [4.69, 9.17) is 4.74 Å². The van der Waals surface area contributed by atoms with E-state index < -0.39 is 11.8 Å². The molecule has 0 bridgehead atoms. The number of hydrogen-bond acceptors (Lipinski definition) is 6. The summed E-state index contributed by atoms with van der Waals surface area (Å²) in [5.74, 6) is -0.305. The van der Waals surface area contributed by atoms with Crippen LogP contribution in [-0.4, -0.2) is 33.2 Å². The second-order valence-electron chi connectivity index (χ2n) is 7.03. The minimum absolute atomic E-state index is 0. The second-order valence-corrected chi connectivity index (χ2v) is 7.03. The Morgan fingerprint density at radius 2 is 1.97 bits per heavy atom. The van der Waals surface area contributed by atoms with Crippen molar-refractivity contribution in [3.05, 3.63) is 83.4 Å². The summed E-state index contributed by atoms with van der Waals surface area (Å²) < 4.78 is 5.63. The number of nitrogens with one attached hydrogen (secondary N) is 1. The standard InChI is InChI=1S/C24H23N5O3.BrH/c1-3-12-29(16-25)24(31)18-8-7-17(2)22(13-18)28-23(30)21-10-9-20(14-27-21)32-15-19-6-4-5-11-26-19;/h4-11,13-14H,3,12,15H2,1-2H3,(H,28,30);1H. The van der Waals surface area contributed by atoms with E-state index >= 15 is 0 Å². The molecule has 1 aromatic carbocycles. The molecule has 0 aliphatic heterocycles. The van der Waals surface area contributed by atoms with Gasteiger partial charge in [-0.25, -0.2) is 9.88 Å². The van der Waals surface area contributed by atoms with Crippen molar-refractivity contribution in [3.63, 3.8) is 0 Å². The number of benzene rings is 1. The molecule has 0 fully saturated rings. The average Bonchev–Trinajstić information content (AvgIpc) is 2.83. The van der Waals surface area contributed by atoms with Gasteiger partial charge in [-0.3, -0.25) is 14.6 Å². The number of carbonyl (C=O) groups excluding carboxylic acids is 2. The summed E-state index contributed by atoms with van der Waals surface area (Å²) >= 11 is 0. The summed E-state index contributed by atoms with van der Waals surface area (Å²) in [6.07, 6.45) is 5.73. The third-order valence-corrected chi connectivity index (χ3v) is 4.63. The van der Waals surface area contributed by atoms with Gasteiger partial charge in [-0.1, -0.05) is 19.1 Å². The number of amides is 2. The second kappa shape index (κ2) is 12.3. The van der Waals surface area contributed by atoms with Gasteiger partial charge < -0.3 is 10.1 Å². The normalized spacial score (nSPS) is 9.85. The van der Waals surface area contributed by atoms with Crippen molar-refractivity contribution in [2.75, 3.05) is 11.9 Å². The Morgan fingerprint density at radius 1 is 1.15 bits per heavy atom. The molecule has 0 saturated carbocycles. The molecule has 1 N–H and O–H groups in total. The Labute approximate surface area is 203 Å². The fraction of sp³-hybridized carbons (Fsp3) is 0.208. The van der Waals surface area contributed by atoms with Crippen LogP contribution in [0.3, 0.4) is 0 Å². The van der Waals surface area contributed by atoms with E-state index in [1.54, 1.807) is 36.5 Å². The zero-order valence-electron chi connectivity index (χ0n) is 18.3. The fourth-order valence-corrected chi connectivity index (χ4v) is 2.89. The first-order valence-corrected chi connectivity index (χ1v) is 10.1. The lowest BCUT2D eigenvalue weighted by atomic mass is 10.1. The topological polar surface area (TPSA) is 108 Å². The van der Waals surface area contributed by atoms with E-state index in [9.17, 15) is 14.9 Å². The molecule has 0 unspecified atom stereocenters. The van der Waals surface area contributed by atoms with Gasteiger partial charge in [0, 0.05) is 24.0 Å². The highest BCUT2D eigenvalue weighted by Gasteiger charge is 2.17. The molecular weight excluding hydrogens is 486 g/mol. The van der Waals surface area contributed by atoms with Gasteiger partial charge in [-0.2, -0.15) is 5.26 Å². The molecule has 0 spiro atoms. The zero-order chi connectivity index (χ0) is 22.9. The zero-order valence-corrected chi connectivity index (χ0v) is 20.0. The molecule has 0 saturated heterocycles. The summed E-state index contributed by atoms with van der Waals surface area (Å²) in [6, 6.07) is 13.7. The van der Waals surface area contributed by atoms with Crippen molar-refractivity contribution in [1.29, 1.82) is 5.26 Å². The maximum absolute atomic E-state index is 12.7. The highest BCUT2D eigenvalue weighted by atomic mass is 79.9. The fourth-order valence-electron chi connectivity index (χ4n) is 2.89. The summed E-state index contributed by atoms with van der Waals surface area (Å²) in [5.41, 5.74) is 2.58. The quantitative estimate of drug-likeness (QED) is 0.353. The van der Waals surface area contributed by atoms with Crippen LogP contribution >= 0.6 is 17.0 Å². The lowest BCUT2D eigenvalue weighted by Gasteiger charge is -2.14. The number of aromatic nitrogens is 2. The molecule has 8 nitrogen and oxygen atoms in total. The van der Waals surface area contributed by atoms with Crippen LogP contribution < -0.4 is 10.1 Å². The minimum Gasteiger partial charge on any atom is -0.486 e. The molecule has 3 rings (SSSR count). The first-order chi connectivity index (χ1) is 15.5. The van der Waals surface area contributed by atoms with Crippen LogP contribution in [0.15, 0.2) is 60.9 Å². The number of nitriles is 1. The molecule has 9 heteroatoms. The van der Waals surface area contributed by atoms with Gasteiger partial charge in [0.15, 0.2) is 6.19 Å². The van der Waals surface area contributed by atoms with Crippen LogP contribution in [0.2, 0.25) is 0 Å². The molecule has 2 amide bonds. The molecule has 0 atom stereocenters. The first kappa shape index (κ1) is 25.5. The Hall–Kier alpha value is -3.77. The van der Waals surface area contributed by atoms with Crippen LogP contribution in [0.5, 0.6) is 5.75 Å². The van der Waals surface area contributed by atoms with Gasteiger partial charge >= 0.3 is 0 Å². The number of anilines is 1. The molecule has 33 heavy (non-hydrogen) atoms. The number of pyridine rings is 2. The summed E-state index contributed by atoms with van der Waals surface area (Å²) in [7, 11) is 0. The highest BCUT2D eigenvalue weighted by molar-refractivity contribution is 8.93. The molecule has 0 aliphatic carbocycles. The number of halogens is 1. The van der Waals surface area contributed by atoms with E-state index in [2.05, 4.69) is 15.3 Å². The Kier molecular flexibility index (Phi) is 9.51. The predicted octanol–water partition coefficient (Wildman–Crippen LogP) is 4.53. The molecule has 0 aliphatic rings. The summed E-state index contributed by atoms with van der Waals surface area (Å²) in [4.78, 5) is 34.7. The Bertz CT molecular complexity index is 1130. The number of nitrogens with zero attached hydrogens (tertiary/aromatic N) is 4.